The van der Waals surface area contributed by atoms with E-state index >= 15 is 0 Å². The molecular formula is C18H14ClNO4S2. The summed E-state index contributed by atoms with van der Waals surface area (Å²) in [4.78, 5) is 24.5. The minimum Gasteiger partial charge on any atom is -0.480 e. The van der Waals surface area contributed by atoms with Crippen LogP contribution in [-0.4, -0.2) is 38.5 Å². The van der Waals surface area contributed by atoms with E-state index in [1.165, 1.54) is 11.8 Å². The molecule has 2 aromatic rings. The molecule has 1 aliphatic heterocycles. The number of benzene rings is 1. The van der Waals surface area contributed by atoms with Crippen LogP contribution in [0.2, 0.25) is 0 Å². The predicted molar refractivity (Wildman–Crippen MR) is 106 cm³/mol. The lowest BCUT2D eigenvalue weighted by molar-refractivity contribution is -0.140. The largest absolute Gasteiger partial charge is 0.480 e. The molecule has 5 nitrogen and oxygen atoms in total. The van der Waals surface area contributed by atoms with Crippen molar-refractivity contribution < 1.29 is 19.1 Å². The second-order valence-corrected chi connectivity index (χ2v) is 7.42. The number of amides is 1. The van der Waals surface area contributed by atoms with Gasteiger partial charge in [0.1, 0.15) is 22.4 Å². The van der Waals surface area contributed by atoms with Gasteiger partial charge in [-0.3, -0.25) is 14.5 Å². The zero-order chi connectivity index (χ0) is 18.7. The van der Waals surface area contributed by atoms with Crippen LogP contribution in [0.4, 0.5) is 0 Å². The molecule has 0 unspecified atom stereocenters. The Morgan fingerprint density at radius 3 is 2.69 bits per heavy atom. The normalized spacial score (nSPS) is 16.3. The molecule has 3 rings (SSSR count). The van der Waals surface area contributed by atoms with E-state index < -0.39 is 18.4 Å². The monoisotopic (exact) mass is 407 g/mol. The number of alkyl halides is 1. The van der Waals surface area contributed by atoms with Crippen LogP contribution in [0.3, 0.4) is 0 Å². The molecule has 1 fully saturated rings. The number of rotatable bonds is 5. The molecule has 0 saturated carbocycles. The number of hydrogen-bond donors (Lipinski definition) is 1. The fourth-order valence-electron chi connectivity index (χ4n) is 2.43. The number of carboxylic acid groups (broad SMARTS) is 1. The molecule has 0 bridgehead atoms. The van der Waals surface area contributed by atoms with Crippen molar-refractivity contribution in [1.82, 2.24) is 4.90 Å². The molecule has 1 saturated heterocycles. The predicted octanol–water partition coefficient (Wildman–Crippen LogP) is 4.01. The van der Waals surface area contributed by atoms with Crippen molar-refractivity contribution in [3.05, 3.63) is 53.3 Å². The summed E-state index contributed by atoms with van der Waals surface area (Å²) in [6.07, 6.45) is 1.63. The highest BCUT2D eigenvalue weighted by Gasteiger charge is 2.29. The van der Waals surface area contributed by atoms with Gasteiger partial charge in [-0.25, -0.2) is 0 Å². The molecule has 0 radical (unpaired) electrons. The Morgan fingerprint density at radius 1 is 1.31 bits per heavy atom. The Bertz CT molecular complexity index is 889. The number of hydrogen-bond acceptors (Lipinski definition) is 5. The molecule has 0 atom stereocenters. The molecule has 26 heavy (non-hydrogen) atoms. The highest BCUT2D eigenvalue weighted by Crippen LogP contribution is 2.27. The van der Waals surface area contributed by atoms with Crippen molar-refractivity contribution in [2.24, 2.45) is 0 Å². The highest BCUT2D eigenvalue weighted by atomic mass is 35.5. The minimum absolute atomic E-state index is 0.272. The second-order valence-electron chi connectivity index (χ2n) is 5.54. The molecule has 2 heterocycles. The lowest BCUT2D eigenvalue weighted by Crippen LogP contribution is -2.42. The van der Waals surface area contributed by atoms with Crippen molar-refractivity contribution in [2.45, 2.75) is 5.88 Å². The van der Waals surface area contributed by atoms with Gasteiger partial charge in [0.2, 0.25) is 0 Å². The van der Waals surface area contributed by atoms with E-state index in [1.807, 2.05) is 30.3 Å². The quantitative estimate of drug-likeness (QED) is 0.458. The zero-order valence-corrected chi connectivity index (χ0v) is 15.9. The van der Waals surface area contributed by atoms with Gasteiger partial charge in [-0.1, -0.05) is 48.2 Å². The van der Waals surface area contributed by atoms with Gasteiger partial charge < -0.3 is 9.52 Å². The maximum Gasteiger partial charge on any atom is 0.323 e. The third kappa shape index (κ3) is 4.17. The summed E-state index contributed by atoms with van der Waals surface area (Å²) in [5.41, 5.74) is 2.37. The number of carbonyl (C=O) groups excluding carboxylic acids is 1. The van der Waals surface area contributed by atoms with E-state index in [0.29, 0.717) is 28.7 Å². The van der Waals surface area contributed by atoms with Crippen LogP contribution >= 0.6 is 35.6 Å². The fraction of sp³-hybridized carbons (Fsp3) is 0.167. The maximum atomic E-state index is 12.5. The summed E-state index contributed by atoms with van der Waals surface area (Å²) in [6, 6.07) is 11.3. The van der Waals surface area contributed by atoms with Crippen molar-refractivity contribution in [3.63, 3.8) is 0 Å². The Morgan fingerprint density at radius 2 is 2.04 bits per heavy atom. The zero-order valence-electron chi connectivity index (χ0n) is 13.5. The maximum absolute atomic E-state index is 12.5. The van der Waals surface area contributed by atoms with E-state index in [0.717, 1.165) is 16.0 Å². The van der Waals surface area contributed by atoms with Crippen LogP contribution in [0.15, 0.2) is 46.4 Å². The second kappa shape index (κ2) is 8.07. The molecular weight excluding hydrogens is 394 g/mol. The fourth-order valence-corrected chi connectivity index (χ4v) is 3.72. The summed E-state index contributed by atoms with van der Waals surface area (Å²) in [7, 11) is 0. The number of halogens is 1. The summed E-state index contributed by atoms with van der Waals surface area (Å²) in [5, 5.41) is 8.93. The molecule has 1 N–H and O–H groups in total. The summed E-state index contributed by atoms with van der Waals surface area (Å²) in [5.74, 6) is 0.516. The number of thiocarbonyl (C=S) groups is 1. The number of carbonyl (C=O) groups is 2. The van der Waals surface area contributed by atoms with Crippen LogP contribution in [0.5, 0.6) is 0 Å². The van der Waals surface area contributed by atoms with Gasteiger partial charge in [0.25, 0.3) is 5.91 Å². The van der Waals surface area contributed by atoms with Gasteiger partial charge in [0.15, 0.2) is 0 Å². The van der Waals surface area contributed by atoms with Crippen LogP contribution in [0, 0.1) is 0 Å². The lowest BCUT2D eigenvalue weighted by atomic mass is 10.1. The number of carboxylic acids is 1. The summed E-state index contributed by atoms with van der Waals surface area (Å²) >= 11 is 12.1. The molecule has 1 aliphatic rings. The van der Waals surface area contributed by atoms with Gasteiger partial charge in [-0.2, -0.15) is 0 Å². The van der Waals surface area contributed by atoms with E-state index in [4.69, 9.17) is 33.3 Å². The van der Waals surface area contributed by atoms with E-state index in [2.05, 4.69) is 0 Å². The highest BCUT2D eigenvalue weighted by molar-refractivity contribution is 8.23. The average molecular weight is 408 g/mol. The first-order chi connectivity index (χ1) is 12.5. The van der Waals surface area contributed by atoms with Gasteiger partial charge in [0, 0.05) is 22.8 Å². The van der Waals surface area contributed by atoms with Crippen molar-refractivity contribution in [3.8, 4) is 11.3 Å². The molecule has 0 spiro atoms. The van der Waals surface area contributed by atoms with Crippen molar-refractivity contribution in [1.29, 1.82) is 0 Å². The van der Waals surface area contributed by atoms with Crippen molar-refractivity contribution in [2.75, 3.05) is 12.3 Å². The number of nitrogens with zero attached hydrogens (tertiary/aromatic N) is 1. The standard InChI is InChI=1S/C18H14ClNO4S2/c19-8-11-1-3-12(4-2-11)15-6-5-14(24-15)7-13-10-26-18(25)20(17(13)23)9-16(21)22/h1-7H,8-10H2,(H,21,22)/b13-7+. The molecule has 1 aromatic heterocycles. The number of furan rings is 1. The van der Waals surface area contributed by atoms with Gasteiger partial charge in [-0.15, -0.1) is 11.6 Å². The summed E-state index contributed by atoms with van der Waals surface area (Å²) in [6.45, 7) is -0.446. The Balaban J connectivity index is 1.81. The first-order valence-corrected chi connectivity index (χ1v) is 9.57. The van der Waals surface area contributed by atoms with E-state index in [-0.39, 0.29) is 4.32 Å². The van der Waals surface area contributed by atoms with Crippen LogP contribution in [-0.2, 0) is 15.5 Å². The van der Waals surface area contributed by atoms with Gasteiger partial charge in [0.05, 0.1) is 0 Å². The third-order valence-corrected chi connectivity index (χ3v) is 5.53. The average Bonchev–Trinajstić information content (AvgIpc) is 3.09. The Kier molecular flexibility index (Phi) is 5.80. The third-order valence-electron chi connectivity index (χ3n) is 3.72. The smallest absolute Gasteiger partial charge is 0.323 e. The Hall–Kier alpha value is -2.09. The number of aliphatic carboxylic acids is 1. The van der Waals surface area contributed by atoms with Crippen LogP contribution in [0.25, 0.3) is 17.4 Å². The first kappa shape index (κ1) is 18.7. The van der Waals surface area contributed by atoms with E-state index in [9.17, 15) is 9.59 Å². The topological polar surface area (TPSA) is 70.8 Å². The van der Waals surface area contributed by atoms with Gasteiger partial charge in [-0.05, 0) is 23.8 Å². The van der Waals surface area contributed by atoms with E-state index in [1.54, 1.807) is 12.1 Å². The SMILES string of the molecule is O=C(O)CN1C(=O)/C(=C/c2ccc(-c3ccc(CCl)cc3)o2)CSC1=S. The molecule has 0 aliphatic carbocycles. The number of thioether (sulfide) groups is 1. The van der Waals surface area contributed by atoms with Crippen LogP contribution in [0.1, 0.15) is 11.3 Å². The lowest BCUT2D eigenvalue weighted by Gasteiger charge is -2.26. The summed E-state index contributed by atoms with van der Waals surface area (Å²) < 4.78 is 6.07. The minimum atomic E-state index is -1.11. The first-order valence-electron chi connectivity index (χ1n) is 7.64. The molecule has 1 amide bonds. The van der Waals surface area contributed by atoms with Crippen molar-refractivity contribution >= 4 is 57.9 Å². The molecule has 1 aromatic carbocycles. The molecule has 8 heteroatoms. The van der Waals surface area contributed by atoms with Gasteiger partial charge >= 0.3 is 5.97 Å². The molecule has 134 valence electrons. The Labute approximate surface area is 164 Å². The van der Waals surface area contributed by atoms with Crippen LogP contribution < -0.4 is 0 Å².